The molecule has 62 heavy (non-hydrogen) atoms. The van der Waals surface area contributed by atoms with Gasteiger partial charge in [0.05, 0.1) is 19.8 Å². The van der Waals surface area contributed by atoms with Crippen molar-refractivity contribution >= 4 is 11.9 Å². The van der Waals surface area contributed by atoms with Gasteiger partial charge in [0.15, 0.2) is 18.7 Å². The zero-order valence-electron chi connectivity index (χ0n) is 38.4. The molecule has 0 bridgehead atoms. The lowest BCUT2D eigenvalue weighted by Crippen LogP contribution is -2.61. The van der Waals surface area contributed by atoms with Gasteiger partial charge in [0.2, 0.25) is 0 Å². The van der Waals surface area contributed by atoms with Crippen molar-refractivity contribution in [1.29, 1.82) is 0 Å². The predicted molar refractivity (Wildman–Crippen MR) is 234 cm³/mol. The summed E-state index contributed by atoms with van der Waals surface area (Å²) in [7, 11) is 0. The van der Waals surface area contributed by atoms with E-state index < -0.39 is 92.7 Å². The molecule has 0 aromatic rings. The molecule has 2 fully saturated rings. The lowest BCUT2D eigenvalue weighted by atomic mass is 9.98. The maximum Gasteiger partial charge on any atom is 0.306 e. The molecule has 2 heterocycles. The predicted octanol–water partition coefficient (Wildman–Crippen LogP) is 6.04. The van der Waals surface area contributed by atoms with Crippen LogP contribution < -0.4 is 0 Å². The number of hydrogen-bond donors (Lipinski definition) is 7. The Kier molecular flexibility index (Phi) is 32.6. The van der Waals surface area contributed by atoms with Crippen LogP contribution in [0.4, 0.5) is 0 Å². The second kappa shape index (κ2) is 35.7. The first-order valence-corrected chi connectivity index (χ1v) is 24.6. The molecule has 0 unspecified atom stereocenters. The van der Waals surface area contributed by atoms with Gasteiger partial charge in [-0.25, -0.2) is 0 Å². The third-order valence-corrected chi connectivity index (χ3v) is 12.1. The van der Waals surface area contributed by atoms with Crippen LogP contribution in [0, 0.1) is 0 Å². The van der Waals surface area contributed by atoms with Crippen molar-refractivity contribution in [1.82, 2.24) is 0 Å². The van der Waals surface area contributed by atoms with E-state index in [-0.39, 0.29) is 26.1 Å². The summed E-state index contributed by atoms with van der Waals surface area (Å²) in [5, 5.41) is 71.9. The van der Waals surface area contributed by atoms with Crippen molar-refractivity contribution in [3.63, 3.8) is 0 Å². The number of ether oxygens (including phenoxy) is 6. The monoisotopic (exact) mass is 893 g/mol. The first kappa shape index (κ1) is 56.6. The van der Waals surface area contributed by atoms with Gasteiger partial charge in [-0.3, -0.25) is 9.59 Å². The van der Waals surface area contributed by atoms with Crippen LogP contribution in [0.1, 0.15) is 194 Å². The molecule has 0 aromatic carbocycles. The van der Waals surface area contributed by atoms with E-state index >= 15 is 0 Å². The third kappa shape index (κ3) is 24.1. The summed E-state index contributed by atoms with van der Waals surface area (Å²) in [5.41, 5.74) is 0. The Labute approximate surface area is 372 Å². The molecule has 2 aliphatic heterocycles. The Morgan fingerprint density at radius 1 is 0.452 bits per heavy atom. The molecule has 7 N–H and O–H groups in total. The van der Waals surface area contributed by atoms with E-state index in [1.54, 1.807) is 0 Å². The van der Waals surface area contributed by atoms with Gasteiger partial charge in [0.25, 0.3) is 0 Å². The number of aliphatic hydroxyl groups is 7. The second-order valence-electron chi connectivity index (χ2n) is 17.7. The molecule has 366 valence electrons. The normalized spacial score (nSPS) is 27.0. The zero-order valence-corrected chi connectivity index (χ0v) is 38.4. The highest BCUT2D eigenvalue weighted by Gasteiger charge is 2.47. The number of carbonyl (C=O) groups excluding carboxylic acids is 2. The smallest absolute Gasteiger partial charge is 0.306 e. The fraction of sp³-hybridized carbons (Fsp3) is 0.957. The Bertz CT molecular complexity index is 1100. The van der Waals surface area contributed by atoms with Gasteiger partial charge >= 0.3 is 11.9 Å². The molecule has 0 aliphatic carbocycles. The van der Waals surface area contributed by atoms with E-state index in [0.29, 0.717) is 12.8 Å². The van der Waals surface area contributed by atoms with Crippen molar-refractivity contribution in [2.75, 3.05) is 26.4 Å². The van der Waals surface area contributed by atoms with Crippen molar-refractivity contribution < 1.29 is 73.8 Å². The molecule has 0 spiro atoms. The van der Waals surface area contributed by atoms with Gasteiger partial charge in [-0.05, 0) is 12.8 Å². The number of carbonyl (C=O) groups is 2. The molecule has 11 atom stereocenters. The highest BCUT2D eigenvalue weighted by molar-refractivity contribution is 5.70. The van der Waals surface area contributed by atoms with Gasteiger partial charge in [-0.15, -0.1) is 0 Å². The minimum Gasteiger partial charge on any atom is -0.462 e. The van der Waals surface area contributed by atoms with Gasteiger partial charge in [-0.2, -0.15) is 0 Å². The van der Waals surface area contributed by atoms with Gasteiger partial charge < -0.3 is 64.2 Å². The molecular weight excluding hydrogens is 805 g/mol. The van der Waals surface area contributed by atoms with Crippen LogP contribution in [-0.4, -0.2) is 142 Å². The van der Waals surface area contributed by atoms with Gasteiger partial charge in [0.1, 0.15) is 55.4 Å². The average Bonchev–Trinajstić information content (AvgIpc) is 3.26. The molecule has 15 heteroatoms. The van der Waals surface area contributed by atoms with Crippen LogP contribution in [0.15, 0.2) is 0 Å². The number of rotatable bonds is 38. The van der Waals surface area contributed by atoms with E-state index in [9.17, 15) is 45.3 Å². The van der Waals surface area contributed by atoms with Crippen molar-refractivity contribution in [2.45, 2.75) is 261 Å². The van der Waals surface area contributed by atoms with Gasteiger partial charge in [-0.1, -0.05) is 168 Å². The maximum absolute atomic E-state index is 13.0. The summed E-state index contributed by atoms with van der Waals surface area (Å²) < 4.78 is 33.5. The average molecular weight is 893 g/mol. The molecule has 2 rings (SSSR count). The molecule has 0 aromatic heterocycles. The number of aliphatic hydroxyl groups excluding tert-OH is 7. The minimum atomic E-state index is -1.76. The highest BCUT2D eigenvalue weighted by atomic mass is 16.7. The van der Waals surface area contributed by atoms with Crippen LogP contribution >= 0.6 is 0 Å². The first-order valence-electron chi connectivity index (χ1n) is 24.6. The summed E-state index contributed by atoms with van der Waals surface area (Å²) in [6.45, 7) is 2.60. The molecule has 2 aliphatic rings. The van der Waals surface area contributed by atoms with Crippen molar-refractivity contribution in [2.24, 2.45) is 0 Å². The molecule has 0 saturated carbocycles. The van der Waals surface area contributed by atoms with Crippen LogP contribution in [0.2, 0.25) is 0 Å². The number of esters is 2. The van der Waals surface area contributed by atoms with Crippen LogP contribution in [0.3, 0.4) is 0 Å². The Balaban J connectivity index is 1.82. The van der Waals surface area contributed by atoms with Crippen LogP contribution in [0.5, 0.6) is 0 Å². The fourth-order valence-corrected chi connectivity index (χ4v) is 7.98. The second-order valence-corrected chi connectivity index (χ2v) is 17.7. The SMILES string of the molecule is CCCCCCCCCCCCCCCCCC(=O)O[C@H](COC(=O)CCCCCCCCCCCCC)CO[C@@H]1O[C@H](CO[C@H]2O[C@H](CO)[C@H](O)[C@H](O)[C@H]2O)[C@H](O)[C@H](O)[C@H]1O. The Morgan fingerprint density at radius 3 is 1.26 bits per heavy atom. The summed E-state index contributed by atoms with van der Waals surface area (Å²) in [6, 6.07) is 0. The molecular formula is C47H88O15. The van der Waals surface area contributed by atoms with Crippen LogP contribution in [-0.2, 0) is 38.0 Å². The molecule has 0 radical (unpaired) electrons. The van der Waals surface area contributed by atoms with Gasteiger partial charge in [0, 0.05) is 12.8 Å². The summed E-state index contributed by atoms with van der Waals surface area (Å²) >= 11 is 0. The summed E-state index contributed by atoms with van der Waals surface area (Å²) in [6.07, 6.45) is 14.2. The van der Waals surface area contributed by atoms with Crippen LogP contribution in [0.25, 0.3) is 0 Å². The Morgan fingerprint density at radius 2 is 0.823 bits per heavy atom. The topological polar surface area (TPSA) is 231 Å². The highest BCUT2D eigenvalue weighted by Crippen LogP contribution is 2.26. The lowest BCUT2D eigenvalue weighted by molar-refractivity contribution is -0.332. The number of hydrogen-bond acceptors (Lipinski definition) is 15. The van der Waals surface area contributed by atoms with Crippen molar-refractivity contribution in [3.05, 3.63) is 0 Å². The standard InChI is InChI=1S/C47H88O15/c1-3-5-7-9-11-13-15-16-17-18-20-22-24-26-28-30-39(50)60-35(32-57-38(49)29-27-25-23-21-19-14-12-10-8-6-4-2)33-58-46-45(56)43(54)41(52)37(62-46)34-59-47-44(55)42(53)40(51)36(31-48)61-47/h35-37,40-48,51-56H,3-34H2,1-2H3/t35-,36-,37-,40+,41+,42+,43+,44-,45-,46-,47+/m1/s1. The lowest BCUT2D eigenvalue weighted by Gasteiger charge is -2.42. The van der Waals surface area contributed by atoms with E-state index in [4.69, 9.17) is 28.4 Å². The zero-order chi connectivity index (χ0) is 45.4. The summed E-state index contributed by atoms with van der Waals surface area (Å²) in [5.74, 6) is -0.914. The largest absolute Gasteiger partial charge is 0.462 e. The van der Waals surface area contributed by atoms with E-state index in [0.717, 1.165) is 38.5 Å². The third-order valence-electron chi connectivity index (χ3n) is 12.1. The number of unbranched alkanes of at least 4 members (excludes halogenated alkanes) is 24. The van der Waals surface area contributed by atoms with E-state index in [1.807, 2.05) is 0 Å². The van der Waals surface area contributed by atoms with E-state index in [1.165, 1.54) is 116 Å². The van der Waals surface area contributed by atoms with Crippen molar-refractivity contribution in [3.8, 4) is 0 Å². The quantitative estimate of drug-likeness (QED) is 0.0277. The Hall–Kier alpha value is -1.50. The molecule has 2 saturated heterocycles. The maximum atomic E-state index is 13.0. The molecule has 15 nitrogen and oxygen atoms in total. The fourth-order valence-electron chi connectivity index (χ4n) is 7.98. The summed E-state index contributed by atoms with van der Waals surface area (Å²) in [4.78, 5) is 25.7. The van der Waals surface area contributed by atoms with E-state index in [2.05, 4.69) is 13.8 Å². The first-order chi connectivity index (χ1) is 30.0. The minimum absolute atomic E-state index is 0.173. The molecule has 0 amide bonds.